The van der Waals surface area contributed by atoms with Crippen LogP contribution in [0.4, 0.5) is 5.69 Å². The van der Waals surface area contributed by atoms with Crippen molar-refractivity contribution in [3.63, 3.8) is 0 Å². The van der Waals surface area contributed by atoms with E-state index in [1.807, 2.05) is 12.1 Å². The van der Waals surface area contributed by atoms with Crippen molar-refractivity contribution in [1.82, 2.24) is 15.5 Å². The Morgan fingerprint density at radius 2 is 2.30 bits per heavy atom. The lowest BCUT2D eigenvalue weighted by molar-refractivity contribution is -0.115. The monoisotopic (exact) mass is 338 g/mol. The molecule has 2 heterocycles. The van der Waals surface area contributed by atoms with E-state index in [9.17, 15) is 4.79 Å². The molecule has 1 atom stereocenters. The van der Waals surface area contributed by atoms with Gasteiger partial charge in [0.15, 0.2) is 5.82 Å². The fourth-order valence-electron chi connectivity index (χ4n) is 2.46. The number of aromatic nitrogens is 2. The van der Waals surface area contributed by atoms with Gasteiger partial charge in [-0.2, -0.15) is 4.98 Å². The van der Waals surface area contributed by atoms with Gasteiger partial charge in [-0.3, -0.25) is 4.79 Å². The summed E-state index contributed by atoms with van der Waals surface area (Å²) < 4.78 is 10.4. The molecule has 2 N–H and O–H groups in total. The average molecular weight is 339 g/mol. The maximum atomic E-state index is 12.1. The number of para-hydroxylation sites is 2. The molecule has 1 aromatic heterocycles. The Morgan fingerprint density at radius 3 is 3.04 bits per heavy atom. The molecule has 1 amide bonds. The van der Waals surface area contributed by atoms with Crippen LogP contribution >= 0.6 is 12.4 Å². The van der Waals surface area contributed by atoms with Crippen LogP contribution < -0.4 is 15.4 Å². The zero-order valence-corrected chi connectivity index (χ0v) is 13.6. The van der Waals surface area contributed by atoms with Gasteiger partial charge in [0.2, 0.25) is 11.8 Å². The molecule has 1 fully saturated rings. The quantitative estimate of drug-likeness (QED) is 0.863. The highest BCUT2D eigenvalue weighted by Crippen LogP contribution is 2.23. The number of halogens is 1. The van der Waals surface area contributed by atoms with Crippen LogP contribution in [-0.2, 0) is 11.2 Å². The second-order valence-electron chi connectivity index (χ2n) is 5.16. The van der Waals surface area contributed by atoms with Gasteiger partial charge in [0.1, 0.15) is 5.75 Å². The second-order valence-corrected chi connectivity index (χ2v) is 5.16. The van der Waals surface area contributed by atoms with Crippen LogP contribution in [0.2, 0.25) is 0 Å². The Bertz CT molecular complexity index is 656. The van der Waals surface area contributed by atoms with Crippen molar-refractivity contribution in [2.24, 2.45) is 0 Å². The highest BCUT2D eigenvalue weighted by molar-refractivity contribution is 5.93. The molecule has 8 heteroatoms. The molecule has 1 aliphatic rings. The molecular formula is C15H19ClN4O3. The Balaban J connectivity index is 0.00000192. The third kappa shape index (κ3) is 4.20. The summed E-state index contributed by atoms with van der Waals surface area (Å²) in [4.78, 5) is 16.4. The minimum Gasteiger partial charge on any atom is -0.495 e. The van der Waals surface area contributed by atoms with E-state index < -0.39 is 0 Å². The number of amides is 1. The van der Waals surface area contributed by atoms with Crippen LogP contribution in [0, 0.1) is 0 Å². The SMILES string of the molecule is COc1ccccc1NC(=O)Cc1noc([C@H]2CCNC2)n1.Cl. The van der Waals surface area contributed by atoms with Gasteiger partial charge in [-0.1, -0.05) is 17.3 Å². The highest BCUT2D eigenvalue weighted by Gasteiger charge is 2.23. The maximum absolute atomic E-state index is 12.1. The lowest BCUT2D eigenvalue weighted by atomic mass is 10.1. The van der Waals surface area contributed by atoms with Crippen molar-refractivity contribution in [2.75, 3.05) is 25.5 Å². The molecule has 1 aromatic carbocycles. The van der Waals surface area contributed by atoms with E-state index in [0.717, 1.165) is 19.5 Å². The molecule has 1 aliphatic heterocycles. The molecule has 3 rings (SSSR count). The molecule has 1 saturated heterocycles. The van der Waals surface area contributed by atoms with Gasteiger partial charge < -0.3 is 19.9 Å². The molecule has 7 nitrogen and oxygen atoms in total. The van der Waals surface area contributed by atoms with Gasteiger partial charge in [-0.25, -0.2) is 0 Å². The molecule has 2 aromatic rings. The molecule has 0 radical (unpaired) electrons. The minimum absolute atomic E-state index is 0. The van der Waals surface area contributed by atoms with E-state index in [2.05, 4.69) is 20.8 Å². The predicted octanol–water partition coefficient (Wildman–Crippen LogP) is 1.76. The number of hydrogen-bond donors (Lipinski definition) is 2. The standard InChI is InChI=1S/C15H18N4O3.ClH/c1-21-12-5-3-2-4-11(12)17-14(20)8-13-18-15(22-19-13)10-6-7-16-9-10;/h2-5,10,16H,6-9H2,1H3,(H,17,20);1H/t10-;/m0./s1. The third-order valence-electron chi connectivity index (χ3n) is 3.59. The first-order valence-corrected chi connectivity index (χ1v) is 7.22. The summed E-state index contributed by atoms with van der Waals surface area (Å²) in [5.41, 5.74) is 0.624. The van der Waals surface area contributed by atoms with Gasteiger partial charge >= 0.3 is 0 Å². The first-order valence-electron chi connectivity index (χ1n) is 7.22. The first kappa shape index (κ1) is 17.2. The molecule has 0 unspecified atom stereocenters. The fourth-order valence-corrected chi connectivity index (χ4v) is 2.46. The van der Waals surface area contributed by atoms with E-state index in [1.165, 1.54) is 0 Å². The average Bonchev–Trinajstić information content (AvgIpc) is 3.18. The second kappa shape index (κ2) is 7.94. The summed E-state index contributed by atoms with van der Waals surface area (Å²) in [6, 6.07) is 7.24. The number of carbonyl (C=O) groups is 1. The molecule has 0 saturated carbocycles. The molecule has 0 bridgehead atoms. The number of nitrogens with one attached hydrogen (secondary N) is 2. The van der Waals surface area contributed by atoms with Gasteiger partial charge in [0.05, 0.1) is 25.1 Å². The van der Waals surface area contributed by atoms with Crippen molar-refractivity contribution < 1.29 is 14.1 Å². The van der Waals surface area contributed by atoms with Crippen LogP contribution in [0.1, 0.15) is 24.1 Å². The Labute approximate surface area is 140 Å². The Hall–Kier alpha value is -2.12. The number of methoxy groups -OCH3 is 1. The van der Waals surface area contributed by atoms with Crippen molar-refractivity contribution >= 4 is 24.0 Å². The molecule has 0 spiro atoms. The lowest BCUT2D eigenvalue weighted by Gasteiger charge is -2.08. The topological polar surface area (TPSA) is 89.3 Å². The predicted molar refractivity (Wildman–Crippen MR) is 87.1 cm³/mol. The van der Waals surface area contributed by atoms with Crippen LogP contribution in [0.15, 0.2) is 28.8 Å². The van der Waals surface area contributed by atoms with Gasteiger partial charge in [0, 0.05) is 6.54 Å². The zero-order valence-electron chi connectivity index (χ0n) is 12.7. The third-order valence-corrected chi connectivity index (χ3v) is 3.59. The number of benzene rings is 1. The van der Waals surface area contributed by atoms with Gasteiger partial charge in [-0.15, -0.1) is 12.4 Å². The van der Waals surface area contributed by atoms with E-state index in [-0.39, 0.29) is 30.7 Å². The Morgan fingerprint density at radius 1 is 1.48 bits per heavy atom. The summed E-state index contributed by atoms with van der Waals surface area (Å²) in [5, 5.41) is 9.92. The number of rotatable bonds is 5. The van der Waals surface area contributed by atoms with Crippen LogP contribution in [-0.4, -0.2) is 36.2 Å². The minimum atomic E-state index is -0.207. The Kier molecular flexibility index (Phi) is 5.95. The fraction of sp³-hybridized carbons (Fsp3) is 0.400. The van der Waals surface area contributed by atoms with Crippen molar-refractivity contribution in [3.05, 3.63) is 36.0 Å². The summed E-state index contributed by atoms with van der Waals surface area (Å²) in [6.07, 6.45) is 1.05. The smallest absolute Gasteiger partial charge is 0.232 e. The molecular weight excluding hydrogens is 320 g/mol. The van der Waals surface area contributed by atoms with E-state index in [1.54, 1.807) is 19.2 Å². The number of carbonyl (C=O) groups excluding carboxylic acids is 1. The van der Waals surface area contributed by atoms with Crippen molar-refractivity contribution in [2.45, 2.75) is 18.8 Å². The molecule has 23 heavy (non-hydrogen) atoms. The normalized spacial score (nSPS) is 16.7. The number of ether oxygens (including phenoxy) is 1. The number of hydrogen-bond acceptors (Lipinski definition) is 6. The highest BCUT2D eigenvalue weighted by atomic mass is 35.5. The summed E-state index contributed by atoms with van der Waals surface area (Å²) in [6.45, 7) is 1.80. The van der Waals surface area contributed by atoms with Crippen molar-refractivity contribution in [3.8, 4) is 5.75 Å². The summed E-state index contributed by atoms with van der Waals surface area (Å²) in [5.74, 6) is 1.65. The largest absolute Gasteiger partial charge is 0.495 e. The van der Waals surface area contributed by atoms with Gasteiger partial charge in [0.25, 0.3) is 0 Å². The maximum Gasteiger partial charge on any atom is 0.232 e. The lowest BCUT2D eigenvalue weighted by Crippen LogP contribution is -2.16. The van der Waals surface area contributed by atoms with Crippen molar-refractivity contribution in [1.29, 1.82) is 0 Å². The van der Waals surface area contributed by atoms with Crippen LogP contribution in [0.25, 0.3) is 0 Å². The first-order chi connectivity index (χ1) is 10.8. The number of anilines is 1. The summed E-state index contributed by atoms with van der Waals surface area (Å²) >= 11 is 0. The molecule has 124 valence electrons. The summed E-state index contributed by atoms with van der Waals surface area (Å²) in [7, 11) is 1.56. The van der Waals surface area contributed by atoms with Gasteiger partial charge in [-0.05, 0) is 25.1 Å². The van der Waals surface area contributed by atoms with Crippen LogP contribution in [0.3, 0.4) is 0 Å². The number of nitrogens with zero attached hydrogens (tertiary/aromatic N) is 2. The van der Waals surface area contributed by atoms with E-state index >= 15 is 0 Å². The van der Waals surface area contributed by atoms with Crippen LogP contribution in [0.5, 0.6) is 5.75 Å². The molecule has 0 aliphatic carbocycles. The zero-order chi connectivity index (χ0) is 15.4. The van der Waals surface area contributed by atoms with E-state index in [4.69, 9.17) is 9.26 Å². The van der Waals surface area contributed by atoms with E-state index in [0.29, 0.717) is 23.2 Å².